The highest BCUT2D eigenvalue weighted by Gasteiger charge is 2.34. The van der Waals surface area contributed by atoms with Crippen LogP contribution in [0.25, 0.3) is 0 Å². The molecular weight excluding hydrogens is 392 g/mol. The zero-order valence-corrected chi connectivity index (χ0v) is 19.2. The number of amides is 1. The van der Waals surface area contributed by atoms with E-state index < -0.39 is 0 Å². The maximum absolute atomic E-state index is 13.4. The summed E-state index contributed by atoms with van der Waals surface area (Å²) in [6.45, 7) is 5.94. The number of hydrogen-bond acceptors (Lipinski definition) is 6. The fourth-order valence-corrected chi connectivity index (χ4v) is 3.97. The van der Waals surface area contributed by atoms with E-state index >= 15 is 0 Å². The van der Waals surface area contributed by atoms with Crippen molar-refractivity contribution >= 4 is 11.6 Å². The number of nitrogens with zero attached hydrogens (tertiary/aromatic N) is 4. The van der Waals surface area contributed by atoms with Gasteiger partial charge in [0.1, 0.15) is 6.10 Å². The lowest BCUT2D eigenvalue weighted by atomic mass is 9.98. The number of anilines is 1. The average Bonchev–Trinajstić information content (AvgIpc) is 2.75. The molecule has 0 bridgehead atoms. The Morgan fingerprint density at radius 1 is 1.23 bits per heavy atom. The van der Waals surface area contributed by atoms with E-state index in [1.807, 2.05) is 56.3 Å². The number of hydrogen-bond donors (Lipinski definition) is 1. The number of fused-ring (bicyclic) bond motifs is 1. The first-order valence-electron chi connectivity index (χ1n) is 10.8. The molecule has 3 atom stereocenters. The minimum absolute atomic E-state index is 0.0748. The molecule has 1 aliphatic heterocycles. The van der Waals surface area contributed by atoms with Crippen molar-refractivity contribution < 1.29 is 14.6 Å². The Hall–Kier alpha value is -2.64. The molecule has 168 valence electrons. The van der Waals surface area contributed by atoms with Gasteiger partial charge in [0.2, 0.25) is 0 Å². The summed E-state index contributed by atoms with van der Waals surface area (Å²) in [6.07, 6.45) is 3.49. The molecule has 2 aromatic rings. The van der Waals surface area contributed by atoms with Crippen LogP contribution in [0.1, 0.15) is 29.8 Å². The van der Waals surface area contributed by atoms with Gasteiger partial charge in [-0.05, 0) is 43.8 Å². The number of likely N-dealkylation sites (N-methyl/N-ethyl adjacent to an activating group) is 1. The first-order chi connectivity index (χ1) is 14.8. The minimum Gasteiger partial charge on any atom is -0.486 e. The molecule has 1 amide bonds. The third-order valence-corrected chi connectivity index (χ3v) is 5.85. The number of aromatic nitrogens is 1. The van der Waals surface area contributed by atoms with Crippen molar-refractivity contribution in [3.05, 3.63) is 53.9 Å². The summed E-state index contributed by atoms with van der Waals surface area (Å²) in [5.41, 5.74) is 2.61. The smallest absolute Gasteiger partial charge is 0.258 e. The second kappa shape index (κ2) is 10.1. The van der Waals surface area contributed by atoms with Crippen LogP contribution >= 0.6 is 0 Å². The molecule has 0 saturated heterocycles. The van der Waals surface area contributed by atoms with Gasteiger partial charge >= 0.3 is 0 Å². The van der Waals surface area contributed by atoms with Crippen molar-refractivity contribution in [3.63, 3.8) is 0 Å². The Morgan fingerprint density at radius 3 is 2.58 bits per heavy atom. The molecule has 1 aromatic carbocycles. The van der Waals surface area contributed by atoms with Crippen molar-refractivity contribution in [3.8, 4) is 5.75 Å². The van der Waals surface area contributed by atoms with Gasteiger partial charge in [0, 0.05) is 52.0 Å². The maximum Gasteiger partial charge on any atom is 0.258 e. The van der Waals surface area contributed by atoms with Crippen LogP contribution in [0.3, 0.4) is 0 Å². The van der Waals surface area contributed by atoms with E-state index in [0.717, 1.165) is 12.2 Å². The van der Waals surface area contributed by atoms with E-state index in [0.29, 0.717) is 24.4 Å². The second-order valence-corrected chi connectivity index (χ2v) is 8.72. The lowest BCUT2D eigenvalue weighted by Crippen LogP contribution is -2.49. The molecule has 2 heterocycles. The van der Waals surface area contributed by atoms with Crippen LogP contribution in [0, 0.1) is 5.92 Å². The van der Waals surface area contributed by atoms with Crippen molar-refractivity contribution in [2.75, 3.05) is 45.7 Å². The van der Waals surface area contributed by atoms with Crippen LogP contribution in [0.4, 0.5) is 5.69 Å². The van der Waals surface area contributed by atoms with Crippen LogP contribution < -0.4 is 9.64 Å². The highest BCUT2D eigenvalue weighted by molar-refractivity contribution is 5.99. The number of aliphatic hydroxyl groups is 1. The molecule has 0 spiro atoms. The van der Waals surface area contributed by atoms with E-state index in [1.54, 1.807) is 17.3 Å². The van der Waals surface area contributed by atoms with E-state index in [1.165, 1.54) is 5.56 Å². The van der Waals surface area contributed by atoms with E-state index in [4.69, 9.17) is 4.74 Å². The summed E-state index contributed by atoms with van der Waals surface area (Å²) < 4.78 is 6.58. The van der Waals surface area contributed by atoms with E-state index in [9.17, 15) is 9.90 Å². The third-order valence-electron chi connectivity index (χ3n) is 5.85. The third kappa shape index (κ3) is 5.35. The fraction of sp³-hybridized carbons (Fsp3) is 0.500. The molecule has 7 heteroatoms. The summed E-state index contributed by atoms with van der Waals surface area (Å²) in [7, 11) is 5.97. The molecule has 31 heavy (non-hydrogen) atoms. The quantitative estimate of drug-likeness (QED) is 0.734. The Labute approximate surface area is 185 Å². The van der Waals surface area contributed by atoms with Crippen LogP contribution in [0.5, 0.6) is 5.75 Å². The zero-order valence-electron chi connectivity index (χ0n) is 19.2. The van der Waals surface area contributed by atoms with Crippen LogP contribution in [0.2, 0.25) is 0 Å². The Kier molecular flexibility index (Phi) is 7.51. The molecule has 1 aliphatic rings. The molecule has 0 fully saturated rings. The highest BCUT2D eigenvalue weighted by Crippen LogP contribution is 2.36. The molecular formula is C24H34N4O3. The van der Waals surface area contributed by atoms with Crippen LogP contribution in [0.15, 0.2) is 42.7 Å². The van der Waals surface area contributed by atoms with Crippen molar-refractivity contribution in [1.82, 2.24) is 14.8 Å². The predicted molar refractivity (Wildman–Crippen MR) is 123 cm³/mol. The molecule has 3 rings (SSSR count). The van der Waals surface area contributed by atoms with Gasteiger partial charge in [-0.1, -0.05) is 13.0 Å². The Bertz CT molecular complexity index is 874. The maximum atomic E-state index is 13.4. The van der Waals surface area contributed by atoms with Crippen molar-refractivity contribution in [2.45, 2.75) is 32.5 Å². The van der Waals surface area contributed by atoms with Crippen LogP contribution in [-0.2, 0) is 6.54 Å². The number of benzene rings is 1. The normalized spacial score (nSPS) is 20.0. The highest BCUT2D eigenvalue weighted by atomic mass is 16.5. The monoisotopic (exact) mass is 426 g/mol. The van der Waals surface area contributed by atoms with Crippen molar-refractivity contribution in [1.29, 1.82) is 0 Å². The number of rotatable bonds is 7. The molecule has 1 aromatic heterocycles. The number of carbonyl (C=O) groups is 1. The average molecular weight is 427 g/mol. The molecule has 0 saturated carbocycles. The molecule has 0 aliphatic carbocycles. The van der Waals surface area contributed by atoms with E-state index in [-0.39, 0.29) is 30.6 Å². The summed E-state index contributed by atoms with van der Waals surface area (Å²) in [5.74, 6) is 0.596. The summed E-state index contributed by atoms with van der Waals surface area (Å²) in [4.78, 5) is 23.5. The molecule has 7 nitrogen and oxygen atoms in total. The topological polar surface area (TPSA) is 69.1 Å². The molecule has 0 radical (unpaired) electrons. The summed E-state index contributed by atoms with van der Waals surface area (Å²) >= 11 is 0. The first kappa shape index (κ1) is 23.0. The van der Waals surface area contributed by atoms with E-state index in [2.05, 4.69) is 23.9 Å². The fourth-order valence-electron chi connectivity index (χ4n) is 3.97. The minimum atomic E-state index is -0.265. The lowest BCUT2D eigenvalue weighted by molar-refractivity contribution is 0.0343. The number of carbonyl (C=O) groups excluding carboxylic acids is 1. The van der Waals surface area contributed by atoms with Crippen LogP contribution in [-0.4, -0.2) is 78.8 Å². The number of aliphatic hydroxyl groups excluding tert-OH is 1. The van der Waals surface area contributed by atoms with Gasteiger partial charge in [0.25, 0.3) is 5.91 Å². The predicted octanol–water partition coefficient (Wildman–Crippen LogP) is 2.50. The SMILES string of the molecule is C[C@H]1CN([C@@H](C)CO)C(=O)c2cccc(N(C)C)c2O[C@H]1CN(C)Cc1ccncc1. The van der Waals surface area contributed by atoms with Gasteiger partial charge in [0.05, 0.1) is 23.9 Å². The van der Waals surface area contributed by atoms with Crippen molar-refractivity contribution in [2.24, 2.45) is 5.92 Å². The zero-order chi connectivity index (χ0) is 22.5. The Morgan fingerprint density at radius 2 is 1.94 bits per heavy atom. The van der Waals surface area contributed by atoms with Gasteiger partial charge in [-0.2, -0.15) is 0 Å². The van der Waals surface area contributed by atoms with Gasteiger partial charge in [-0.25, -0.2) is 0 Å². The van der Waals surface area contributed by atoms with Gasteiger partial charge in [-0.15, -0.1) is 0 Å². The number of pyridine rings is 1. The van der Waals surface area contributed by atoms with Gasteiger partial charge in [0.15, 0.2) is 5.75 Å². The number of ether oxygens (including phenoxy) is 1. The standard InChI is InChI=1S/C24H34N4O3/c1-17-13-28(18(2)16-29)24(30)20-7-6-8-21(26(3)4)23(20)31-22(17)15-27(5)14-19-9-11-25-12-10-19/h6-12,17-18,22,29H,13-16H2,1-5H3/t17-,18-,22-/m0/s1. The second-order valence-electron chi connectivity index (χ2n) is 8.72. The number of para-hydroxylation sites is 1. The summed E-state index contributed by atoms with van der Waals surface area (Å²) in [6, 6.07) is 9.43. The summed E-state index contributed by atoms with van der Waals surface area (Å²) in [5, 5.41) is 9.77. The lowest BCUT2D eigenvalue weighted by Gasteiger charge is -2.39. The largest absolute Gasteiger partial charge is 0.486 e. The first-order valence-corrected chi connectivity index (χ1v) is 10.8. The van der Waals surface area contributed by atoms with Gasteiger partial charge in [-0.3, -0.25) is 14.7 Å². The Balaban J connectivity index is 1.94. The molecule has 0 unspecified atom stereocenters. The molecule has 1 N–H and O–H groups in total. The van der Waals surface area contributed by atoms with Gasteiger partial charge < -0.3 is 19.6 Å².